The maximum absolute atomic E-state index is 12.2. The molecule has 2 rings (SSSR count). The fourth-order valence-electron chi connectivity index (χ4n) is 3.64. The van der Waals surface area contributed by atoms with Crippen LogP contribution in [0.15, 0.2) is 0 Å². The van der Waals surface area contributed by atoms with Gasteiger partial charge in [0.1, 0.15) is 0 Å². The molecule has 1 saturated heterocycles. The molecule has 1 heterocycles. The summed E-state index contributed by atoms with van der Waals surface area (Å²) < 4.78 is 5.73. The highest BCUT2D eigenvalue weighted by Crippen LogP contribution is 2.52. The van der Waals surface area contributed by atoms with Crippen molar-refractivity contribution < 1.29 is 14.6 Å². The van der Waals surface area contributed by atoms with Crippen LogP contribution in [0.1, 0.15) is 47.0 Å². The van der Waals surface area contributed by atoms with Crippen molar-refractivity contribution >= 4 is 6.03 Å². The minimum absolute atomic E-state index is 0.00188. The second-order valence-electron chi connectivity index (χ2n) is 7.03. The van der Waals surface area contributed by atoms with Crippen molar-refractivity contribution in [3.8, 4) is 0 Å². The number of aliphatic hydroxyl groups excluding tert-OH is 1. The average Bonchev–Trinajstić information content (AvgIpc) is 2.83. The quantitative estimate of drug-likeness (QED) is 0.719. The number of urea groups is 1. The van der Waals surface area contributed by atoms with Gasteiger partial charge in [0, 0.05) is 36.1 Å². The third-order valence-corrected chi connectivity index (χ3v) is 5.25. The molecule has 3 N–H and O–H groups in total. The number of carbonyl (C=O) groups excluding carboxylic acids is 1. The summed E-state index contributed by atoms with van der Waals surface area (Å²) in [4.78, 5) is 12.2. The Balaban J connectivity index is 1.92. The molecule has 4 atom stereocenters. The molecule has 4 unspecified atom stereocenters. The van der Waals surface area contributed by atoms with Gasteiger partial charge in [-0.1, -0.05) is 20.8 Å². The van der Waals surface area contributed by atoms with Crippen molar-refractivity contribution in [2.75, 3.05) is 13.2 Å². The van der Waals surface area contributed by atoms with Crippen molar-refractivity contribution in [2.45, 2.75) is 64.6 Å². The molecular weight excluding hydrogens is 256 g/mol. The molecule has 5 nitrogen and oxygen atoms in total. The van der Waals surface area contributed by atoms with Gasteiger partial charge in [-0.25, -0.2) is 4.79 Å². The highest BCUT2D eigenvalue weighted by molar-refractivity contribution is 5.75. The predicted octanol–water partition coefficient (Wildman–Crippen LogP) is 1.65. The SMILES string of the molecule is CCC(C)(CCO)NC(=O)NC1C2CCOC2C1(C)C. The lowest BCUT2D eigenvalue weighted by atomic mass is 9.57. The summed E-state index contributed by atoms with van der Waals surface area (Å²) in [5, 5.41) is 15.2. The van der Waals surface area contributed by atoms with Crippen LogP contribution in [0.4, 0.5) is 4.79 Å². The first-order chi connectivity index (χ1) is 9.34. The molecule has 0 bridgehead atoms. The van der Waals surface area contributed by atoms with Crippen molar-refractivity contribution in [3.63, 3.8) is 0 Å². The lowest BCUT2D eigenvalue weighted by Crippen LogP contribution is -2.68. The van der Waals surface area contributed by atoms with E-state index in [1.54, 1.807) is 0 Å². The summed E-state index contributed by atoms with van der Waals surface area (Å²) in [6, 6.07) is 0.0384. The molecule has 5 heteroatoms. The van der Waals surface area contributed by atoms with Crippen LogP contribution in [0.2, 0.25) is 0 Å². The van der Waals surface area contributed by atoms with Crippen LogP contribution >= 0.6 is 0 Å². The fraction of sp³-hybridized carbons (Fsp3) is 0.933. The average molecular weight is 284 g/mol. The Kier molecular flexibility index (Phi) is 4.30. The molecule has 1 saturated carbocycles. The van der Waals surface area contributed by atoms with Gasteiger partial charge in [0.25, 0.3) is 0 Å². The van der Waals surface area contributed by atoms with Crippen LogP contribution in [-0.2, 0) is 4.74 Å². The normalized spacial score (nSPS) is 33.8. The van der Waals surface area contributed by atoms with E-state index in [1.165, 1.54) is 0 Å². The number of aliphatic hydroxyl groups is 1. The molecule has 2 fully saturated rings. The van der Waals surface area contributed by atoms with Gasteiger partial charge >= 0.3 is 6.03 Å². The monoisotopic (exact) mass is 284 g/mol. The highest BCUT2D eigenvalue weighted by atomic mass is 16.5. The van der Waals surface area contributed by atoms with E-state index in [0.29, 0.717) is 12.3 Å². The Hall–Kier alpha value is -0.810. The molecule has 2 amide bonds. The van der Waals surface area contributed by atoms with E-state index in [0.717, 1.165) is 19.4 Å². The summed E-state index contributed by atoms with van der Waals surface area (Å²) in [7, 11) is 0. The number of hydrogen-bond donors (Lipinski definition) is 3. The Bertz CT molecular complexity index is 372. The first kappa shape index (κ1) is 15.6. The van der Waals surface area contributed by atoms with Gasteiger partial charge in [-0.3, -0.25) is 0 Å². The molecule has 0 aromatic heterocycles. The first-order valence-electron chi connectivity index (χ1n) is 7.65. The highest BCUT2D eigenvalue weighted by Gasteiger charge is 2.59. The Morgan fingerprint density at radius 1 is 1.50 bits per heavy atom. The number of rotatable bonds is 5. The third kappa shape index (κ3) is 2.66. The molecule has 1 aliphatic heterocycles. The van der Waals surface area contributed by atoms with Crippen molar-refractivity contribution in [2.24, 2.45) is 11.3 Å². The fourth-order valence-corrected chi connectivity index (χ4v) is 3.64. The van der Waals surface area contributed by atoms with Crippen molar-refractivity contribution in [1.82, 2.24) is 10.6 Å². The summed E-state index contributed by atoms with van der Waals surface area (Å²) in [6.07, 6.45) is 2.67. The molecular formula is C15H28N2O3. The van der Waals surface area contributed by atoms with Gasteiger partial charge in [0.2, 0.25) is 0 Å². The lowest BCUT2D eigenvalue weighted by molar-refractivity contribution is -0.108. The van der Waals surface area contributed by atoms with Gasteiger partial charge in [0.05, 0.1) is 6.10 Å². The first-order valence-corrected chi connectivity index (χ1v) is 7.65. The van der Waals surface area contributed by atoms with Crippen molar-refractivity contribution in [3.05, 3.63) is 0 Å². The standard InChI is InChI=1S/C15H28N2O3/c1-5-15(4,7-8-18)17-13(19)16-11-10-6-9-20-12(10)14(11,2)3/h10-12,18H,5-9H2,1-4H3,(H2,16,17,19). The predicted molar refractivity (Wildman–Crippen MR) is 77.5 cm³/mol. The maximum atomic E-state index is 12.2. The van der Waals surface area contributed by atoms with Gasteiger partial charge in [-0.05, 0) is 26.2 Å². The van der Waals surface area contributed by atoms with E-state index in [1.807, 2.05) is 13.8 Å². The van der Waals surface area contributed by atoms with Crippen molar-refractivity contribution in [1.29, 1.82) is 0 Å². The molecule has 2 aliphatic rings. The molecule has 0 spiro atoms. The summed E-state index contributed by atoms with van der Waals surface area (Å²) in [5.74, 6) is 0.446. The number of amides is 2. The summed E-state index contributed by atoms with van der Waals surface area (Å²) in [5.41, 5.74) is -0.351. The topological polar surface area (TPSA) is 70.6 Å². The Morgan fingerprint density at radius 2 is 2.20 bits per heavy atom. The molecule has 116 valence electrons. The molecule has 0 radical (unpaired) electrons. The zero-order chi connectivity index (χ0) is 15.0. The van der Waals surface area contributed by atoms with Crippen LogP contribution in [-0.4, -0.2) is 42.0 Å². The van der Waals surface area contributed by atoms with Gasteiger partial charge in [0.15, 0.2) is 0 Å². The zero-order valence-electron chi connectivity index (χ0n) is 13.0. The number of ether oxygens (including phenoxy) is 1. The van der Waals surface area contributed by atoms with Gasteiger partial charge in [-0.15, -0.1) is 0 Å². The number of hydrogen-bond acceptors (Lipinski definition) is 3. The minimum Gasteiger partial charge on any atom is -0.396 e. The van der Waals surface area contributed by atoms with E-state index < -0.39 is 0 Å². The number of fused-ring (bicyclic) bond motifs is 1. The second-order valence-corrected chi connectivity index (χ2v) is 7.03. The second kappa shape index (κ2) is 5.53. The van der Waals surface area contributed by atoms with E-state index >= 15 is 0 Å². The largest absolute Gasteiger partial charge is 0.396 e. The van der Waals surface area contributed by atoms with Gasteiger partial charge in [-0.2, -0.15) is 0 Å². The number of carbonyl (C=O) groups is 1. The molecule has 20 heavy (non-hydrogen) atoms. The van der Waals surface area contributed by atoms with Gasteiger partial charge < -0.3 is 20.5 Å². The van der Waals surface area contributed by atoms with E-state index in [9.17, 15) is 4.79 Å². The molecule has 0 aromatic carbocycles. The molecule has 0 aromatic rings. The Morgan fingerprint density at radius 3 is 2.80 bits per heavy atom. The van der Waals surface area contributed by atoms with E-state index in [4.69, 9.17) is 9.84 Å². The number of nitrogens with one attached hydrogen (secondary N) is 2. The minimum atomic E-state index is -0.349. The van der Waals surface area contributed by atoms with Crippen LogP contribution < -0.4 is 10.6 Å². The smallest absolute Gasteiger partial charge is 0.315 e. The van der Waals surface area contributed by atoms with Crippen LogP contribution in [0.3, 0.4) is 0 Å². The summed E-state index contributed by atoms with van der Waals surface area (Å²) >= 11 is 0. The molecule has 1 aliphatic carbocycles. The van der Waals surface area contributed by atoms with E-state index in [-0.39, 0.29) is 35.7 Å². The van der Waals surface area contributed by atoms with Crippen LogP contribution in [0.5, 0.6) is 0 Å². The zero-order valence-corrected chi connectivity index (χ0v) is 13.0. The van der Waals surface area contributed by atoms with Crippen LogP contribution in [0.25, 0.3) is 0 Å². The maximum Gasteiger partial charge on any atom is 0.315 e. The van der Waals surface area contributed by atoms with E-state index in [2.05, 4.69) is 24.5 Å². The third-order valence-electron chi connectivity index (χ3n) is 5.25. The van der Waals surface area contributed by atoms with Crippen LogP contribution in [0, 0.1) is 11.3 Å². The summed E-state index contributed by atoms with van der Waals surface area (Å²) in [6.45, 7) is 9.17. The lowest BCUT2D eigenvalue weighted by Gasteiger charge is -2.54. The Labute approximate surface area is 121 Å².